The Morgan fingerprint density at radius 1 is 1.00 bits per heavy atom. The molecule has 0 saturated carbocycles. The van der Waals surface area contributed by atoms with Crippen molar-refractivity contribution in [1.82, 2.24) is 4.90 Å². The molecule has 16 heavy (non-hydrogen) atoms. The first kappa shape index (κ1) is 13.2. The van der Waals surface area contributed by atoms with Crippen LogP contribution in [0.4, 0.5) is 0 Å². The maximum Gasteiger partial charge on any atom is 0.00216 e. The zero-order chi connectivity index (χ0) is 12.0. The van der Waals surface area contributed by atoms with E-state index in [0.717, 1.165) is 13.1 Å². The molecule has 1 rings (SSSR count). The summed E-state index contributed by atoms with van der Waals surface area (Å²) in [6.07, 6.45) is 1.17. The Morgan fingerprint density at radius 3 is 2.00 bits per heavy atom. The minimum atomic E-state index is 0.636. The molecule has 0 aromatic heterocycles. The molecule has 1 heteroatoms. The molecule has 0 unspecified atom stereocenters. The number of benzene rings is 1. The fourth-order valence-electron chi connectivity index (χ4n) is 1.90. The summed E-state index contributed by atoms with van der Waals surface area (Å²) in [5.41, 5.74) is 2.89. The van der Waals surface area contributed by atoms with Gasteiger partial charge in [-0.3, -0.25) is 0 Å². The summed E-state index contributed by atoms with van der Waals surface area (Å²) in [7, 11) is 0. The lowest BCUT2D eigenvalue weighted by Gasteiger charge is -2.17. The average Bonchev–Trinajstić information content (AvgIpc) is 2.31. The highest BCUT2D eigenvalue weighted by Crippen LogP contribution is 2.15. The minimum Gasteiger partial charge on any atom is -0.304 e. The van der Waals surface area contributed by atoms with Gasteiger partial charge in [-0.05, 0) is 36.6 Å². The molecule has 0 aliphatic heterocycles. The summed E-state index contributed by atoms with van der Waals surface area (Å²) >= 11 is 0. The van der Waals surface area contributed by atoms with Crippen LogP contribution in [0.15, 0.2) is 24.3 Å². The standard InChI is InChI=1S/C15H25N/c1-5-16(6-2)12-11-14-7-9-15(10-8-14)13(3)4/h7-10,13H,5-6,11-12H2,1-4H3. The molecule has 0 N–H and O–H groups in total. The van der Waals surface area contributed by atoms with Crippen LogP contribution in [0.2, 0.25) is 0 Å². The molecule has 0 atom stereocenters. The first-order chi connectivity index (χ1) is 7.67. The topological polar surface area (TPSA) is 3.24 Å². The molecule has 1 aromatic carbocycles. The van der Waals surface area contributed by atoms with Crippen molar-refractivity contribution < 1.29 is 0 Å². The number of likely N-dealkylation sites (N-methyl/N-ethyl adjacent to an activating group) is 1. The number of rotatable bonds is 6. The predicted molar refractivity (Wildman–Crippen MR) is 72.0 cm³/mol. The monoisotopic (exact) mass is 219 g/mol. The zero-order valence-electron chi connectivity index (χ0n) is 11.2. The fraction of sp³-hybridized carbons (Fsp3) is 0.600. The van der Waals surface area contributed by atoms with Crippen molar-refractivity contribution in [2.45, 2.75) is 40.0 Å². The van der Waals surface area contributed by atoms with Crippen molar-refractivity contribution in [3.63, 3.8) is 0 Å². The number of hydrogen-bond donors (Lipinski definition) is 0. The van der Waals surface area contributed by atoms with Crippen molar-refractivity contribution in [1.29, 1.82) is 0 Å². The van der Waals surface area contributed by atoms with E-state index in [0.29, 0.717) is 5.92 Å². The van der Waals surface area contributed by atoms with E-state index in [9.17, 15) is 0 Å². The Bertz CT molecular complexity index is 283. The third-order valence-corrected chi connectivity index (χ3v) is 3.26. The van der Waals surface area contributed by atoms with Crippen LogP contribution < -0.4 is 0 Å². The molecule has 0 bridgehead atoms. The summed E-state index contributed by atoms with van der Waals surface area (Å²) in [6, 6.07) is 9.09. The number of nitrogens with zero attached hydrogens (tertiary/aromatic N) is 1. The van der Waals surface area contributed by atoms with E-state index in [1.54, 1.807) is 0 Å². The largest absolute Gasteiger partial charge is 0.304 e. The second-order valence-corrected chi connectivity index (χ2v) is 4.67. The van der Waals surface area contributed by atoms with Crippen LogP contribution in [-0.2, 0) is 6.42 Å². The summed E-state index contributed by atoms with van der Waals surface area (Å²) in [6.45, 7) is 12.4. The van der Waals surface area contributed by atoms with Crippen LogP contribution in [0.1, 0.15) is 44.7 Å². The molecule has 0 fully saturated rings. The predicted octanol–water partition coefficient (Wildman–Crippen LogP) is 3.69. The third-order valence-electron chi connectivity index (χ3n) is 3.26. The van der Waals surface area contributed by atoms with Gasteiger partial charge >= 0.3 is 0 Å². The van der Waals surface area contributed by atoms with Gasteiger partial charge in [0.05, 0.1) is 0 Å². The summed E-state index contributed by atoms with van der Waals surface area (Å²) in [4.78, 5) is 2.47. The highest BCUT2D eigenvalue weighted by Gasteiger charge is 2.01. The van der Waals surface area contributed by atoms with Crippen LogP contribution in [0.25, 0.3) is 0 Å². The molecule has 0 spiro atoms. The highest BCUT2D eigenvalue weighted by molar-refractivity contribution is 5.24. The van der Waals surface area contributed by atoms with Crippen molar-refractivity contribution in [3.8, 4) is 0 Å². The molecule has 0 amide bonds. The smallest absolute Gasteiger partial charge is 0.00216 e. The second-order valence-electron chi connectivity index (χ2n) is 4.67. The van der Waals surface area contributed by atoms with E-state index in [1.807, 2.05) is 0 Å². The molecule has 1 nitrogen and oxygen atoms in total. The van der Waals surface area contributed by atoms with Gasteiger partial charge in [0.15, 0.2) is 0 Å². The van der Waals surface area contributed by atoms with E-state index >= 15 is 0 Å². The minimum absolute atomic E-state index is 0.636. The van der Waals surface area contributed by atoms with Crippen LogP contribution >= 0.6 is 0 Å². The van der Waals surface area contributed by atoms with Gasteiger partial charge in [-0.15, -0.1) is 0 Å². The lowest BCUT2D eigenvalue weighted by molar-refractivity contribution is 0.308. The Kier molecular flexibility index (Phi) is 5.54. The molecule has 0 saturated heterocycles. The third kappa shape index (κ3) is 3.97. The molecule has 90 valence electrons. The van der Waals surface area contributed by atoms with Crippen molar-refractivity contribution in [2.24, 2.45) is 0 Å². The van der Waals surface area contributed by atoms with Crippen molar-refractivity contribution in [2.75, 3.05) is 19.6 Å². The van der Waals surface area contributed by atoms with Gasteiger partial charge in [-0.25, -0.2) is 0 Å². The zero-order valence-corrected chi connectivity index (χ0v) is 11.2. The Balaban J connectivity index is 2.49. The molecule has 0 aliphatic carbocycles. The highest BCUT2D eigenvalue weighted by atomic mass is 15.1. The summed E-state index contributed by atoms with van der Waals surface area (Å²) in [5, 5.41) is 0. The van der Waals surface area contributed by atoms with Gasteiger partial charge in [-0.1, -0.05) is 52.0 Å². The SMILES string of the molecule is CCN(CC)CCc1ccc(C(C)C)cc1. The fourth-order valence-corrected chi connectivity index (χ4v) is 1.90. The van der Waals surface area contributed by atoms with Crippen molar-refractivity contribution >= 4 is 0 Å². The van der Waals surface area contributed by atoms with E-state index < -0.39 is 0 Å². The summed E-state index contributed by atoms with van der Waals surface area (Å²) in [5.74, 6) is 0.636. The van der Waals surface area contributed by atoms with E-state index in [-0.39, 0.29) is 0 Å². The maximum atomic E-state index is 2.47. The lowest BCUT2D eigenvalue weighted by atomic mass is 10.0. The van der Waals surface area contributed by atoms with Crippen LogP contribution in [0, 0.1) is 0 Å². The quantitative estimate of drug-likeness (QED) is 0.705. The second kappa shape index (κ2) is 6.70. The van der Waals surface area contributed by atoms with Gasteiger partial charge < -0.3 is 4.90 Å². The number of hydrogen-bond acceptors (Lipinski definition) is 1. The summed E-state index contributed by atoms with van der Waals surface area (Å²) < 4.78 is 0. The van der Waals surface area contributed by atoms with Crippen LogP contribution in [0.3, 0.4) is 0 Å². The Labute approximate surface area is 100 Å². The van der Waals surface area contributed by atoms with Gasteiger partial charge in [0.25, 0.3) is 0 Å². The molecular weight excluding hydrogens is 194 g/mol. The molecule has 1 aromatic rings. The Morgan fingerprint density at radius 2 is 1.56 bits per heavy atom. The average molecular weight is 219 g/mol. The lowest BCUT2D eigenvalue weighted by Crippen LogP contribution is -2.25. The first-order valence-electron chi connectivity index (χ1n) is 6.48. The van der Waals surface area contributed by atoms with Crippen LogP contribution in [-0.4, -0.2) is 24.5 Å². The van der Waals surface area contributed by atoms with Gasteiger partial charge in [-0.2, -0.15) is 0 Å². The maximum absolute atomic E-state index is 2.47. The van der Waals surface area contributed by atoms with Gasteiger partial charge in [0.1, 0.15) is 0 Å². The molecule has 0 aliphatic rings. The molecular formula is C15H25N. The first-order valence-corrected chi connectivity index (χ1v) is 6.48. The normalized spacial score (nSPS) is 11.4. The van der Waals surface area contributed by atoms with Gasteiger partial charge in [0.2, 0.25) is 0 Å². The van der Waals surface area contributed by atoms with E-state index in [2.05, 4.69) is 56.9 Å². The van der Waals surface area contributed by atoms with Crippen molar-refractivity contribution in [3.05, 3.63) is 35.4 Å². The van der Waals surface area contributed by atoms with Gasteiger partial charge in [0, 0.05) is 6.54 Å². The van der Waals surface area contributed by atoms with E-state index in [4.69, 9.17) is 0 Å². The Hall–Kier alpha value is -0.820. The molecule has 0 radical (unpaired) electrons. The van der Waals surface area contributed by atoms with E-state index in [1.165, 1.54) is 24.1 Å². The van der Waals surface area contributed by atoms with Crippen LogP contribution in [0.5, 0.6) is 0 Å². The molecule has 0 heterocycles.